The number of methoxy groups -OCH3 is 1. The van der Waals surface area contributed by atoms with Crippen molar-refractivity contribution in [2.75, 3.05) is 7.11 Å². The fourth-order valence-electron chi connectivity index (χ4n) is 4.39. The van der Waals surface area contributed by atoms with Crippen LogP contribution in [0.3, 0.4) is 0 Å². The molecule has 0 spiro atoms. The van der Waals surface area contributed by atoms with Crippen LogP contribution in [0.4, 0.5) is 13.2 Å². The quantitative estimate of drug-likeness (QED) is 0.277. The van der Waals surface area contributed by atoms with Crippen LogP contribution in [0.25, 0.3) is 28.1 Å². The van der Waals surface area contributed by atoms with Crippen LogP contribution >= 0.6 is 0 Å². The lowest BCUT2D eigenvalue weighted by Crippen LogP contribution is -2.26. The summed E-state index contributed by atoms with van der Waals surface area (Å²) in [6.45, 7) is 0.0934. The van der Waals surface area contributed by atoms with Gasteiger partial charge in [0, 0.05) is 24.0 Å². The molecule has 202 valence electrons. The lowest BCUT2D eigenvalue weighted by Gasteiger charge is -2.14. The van der Waals surface area contributed by atoms with Crippen molar-refractivity contribution in [1.82, 2.24) is 29.5 Å². The Morgan fingerprint density at radius 2 is 1.77 bits per heavy atom. The molecule has 4 aromatic heterocycles. The monoisotopic (exact) mass is 546 g/mol. The third kappa shape index (κ3) is 4.83. The normalized spacial score (nSPS) is 13.4. The van der Waals surface area contributed by atoms with E-state index in [1.165, 1.54) is 25.7 Å². The van der Waals surface area contributed by atoms with Gasteiger partial charge in [0.1, 0.15) is 24.1 Å². The second kappa shape index (κ2) is 10.0. The second-order valence-electron chi connectivity index (χ2n) is 9.19. The maximum absolute atomic E-state index is 13.2. The Morgan fingerprint density at radius 3 is 2.50 bits per heavy atom. The summed E-state index contributed by atoms with van der Waals surface area (Å²) in [7, 11) is 1.52. The van der Waals surface area contributed by atoms with Gasteiger partial charge in [-0.3, -0.25) is 9.36 Å². The number of aromatic nitrogens is 6. The van der Waals surface area contributed by atoms with Gasteiger partial charge in [-0.1, -0.05) is 12.1 Å². The predicted octanol–water partition coefficient (Wildman–Crippen LogP) is 5.12. The van der Waals surface area contributed by atoms with E-state index < -0.39 is 17.3 Å². The maximum Gasteiger partial charge on any atom is 0.421 e. The summed E-state index contributed by atoms with van der Waals surface area (Å²) in [6.07, 6.45) is 1.65. The molecule has 0 amide bonds. The summed E-state index contributed by atoms with van der Waals surface area (Å²) in [6, 6.07) is 12.0. The van der Waals surface area contributed by atoms with Gasteiger partial charge in [-0.25, -0.2) is 19.9 Å². The molecular weight excluding hydrogens is 525 g/mol. The number of halogens is 3. The van der Waals surface area contributed by atoms with E-state index in [0.717, 1.165) is 29.2 Å². The number of pyridine rings is 2. The molecule has 1 aliphatic rings. The largest absolute Gasteiger partial charge is 0.480 e. The Labute approximate surface area is 225 Å². The molecule has 5 aromatic rings. The Hall–Kier alpha value is -4.87. The molecule has 0 bridgehead atoms. The van der Waals surface area contributed by atoms with E-state index in [2.05, 4.69) is 24.9 Å². The van der Waals surface area contributed by atoms with Gasteiger partial charge in [-0.15, -0.1) is 0 Å². The minimum atomic E-state index is -4.74. The highest BCUT2D eigenvalue weighted by molar-refractivity contribution is 5.83. The minimum absolute atomic E-state index is 0.0934. The molecule has 0 saturated heterocycles. The molecule has 0 unspecified atom stereocenters. The predicted molar refractivity (Wildman–Crippen MR) is 138 cm³/mol. The van der Waals surface area contributed by atoms with Crippen LogP contribution in [0.15, 0.2) is 72.0 Å². The number of rotatable bonds is 7. The number of alkyl halides is 3. The number of hydrogen-bond acceptors (Lipinski definition) is 8. The number of fused-ring (bicyclic) bond motifs is 1. The molecule has 12 heteroatoms. The van der Waals surface area contributed by atoms with Crippen molar-refractivity contribution in [2.45, 2.75) is 31.5 Å². The molecule has 1 saturated carbocycles. The summed E-state index contributed by atoms with van der Waals surface area (Å²) in [5.74, 6) is 1.26. The van der Waals surface area contributed by atoms with E-state index in [0.29, 0.717) is 45.4 Å². The first-order valence-electron chi connectivity index (χ1n) is 12.4. The van der Waals surface area contributed by atoms with Gasteiger partial charge >= 0.3 is 6.18 Å². The Balaban J connectivity index is 1.31. The van der Waals surface area contributed by atoms with Crippen LogP contribution < -0.4 is 15.0 Å². The smallest absolute Gasteiger partial charge is 0.421 e. The third-order valence-corrected chi connectivity index (χ3v) is 6.50. The Bertz CT molecular complexity index is 1770. The van der Waals surface area contributed by atoms with Crippen molar-refractivity contribution >= 4 is 11.0 Å². The lowest BCUT2D eigenvalue weighted by atomic mass is 10.1. The van der Waals surface area contributed by atoms with Crippen LogP contribution in [0, 0.1) is 0 Å². The van der Waals surface area contributed by atoms with E-state index in [9.17, 15) is 18.0 Å². The zero-order valence-corrected chi connectivity index (χ0v) is 21.1. The summed E-state index contributed by atoms with van der Waals surface area (Å²) >= 11 is 0. The van der Waals surface area contributed by atoms with E-state index in [-0.39, 0.29) is 12.5 Å². The summed E-state index contributed by atoms with van der Waals surface area (Å²) < 4.78 is 52.1. The molecule has 9 nitrogen and oxygen atoms in total. The fraction of sp³-hybridized carbons (Fsp3) is 0.214. The van der Waals surface area contributed by atoms with Gasteiger partial charge in [0.25, 0.3) is 5.56 Å². The molecule has 4 heterocycles. The lowest BCUT2D eigenvalue weighted by molar-refractivity contribution is -0.138. The first-order valence-corrected chi connectivity index (χ1v) is 12.4. The number of ether oxygens (including phenoxy) is 2. The zero-order chi connectivity index (χ0) is 27.9. The molecule has 0 radical (unpaired) electrons. The Kier molecular flexibility index (Phi) is 6.37. The van der Waals surface area contributed by atoms with Crippen molar-refractivity contribution in [3.8, 4) is 28.8 Å². The van der Waals surface area contributed by atoms with Crippen LogP contribution in [0.1, 0.15) is 35.6 Å². The van der Waals surface area contributed by atoms with Crippen LogP contribution in [0.2, 0.25) is 0 Å². The van der Waals surface area contributed by atoms with Gasteiger partial charge in [-0.2, -0.15) is 18.2 Å². The van der Waals surface area contributed by atoms with E-state index in [1.807, 2.05) is 0 Å². The summed E-state index contributed by atoms with van der Waals surface area (Å²) in [5.41, 5.74) is 0.469. The van der Waals surface area contributed by atoms with Crippen LogP contribution in [0.5, 0.6) is 11.8 Å². The summed E-state index contributed by atoms with van der Waals surface area (Å²) in [4.78, 5) is 34.8. The first-order chi connectivity index (χ1) is 19.3. The van der Waals surface area contributed by atoms with Crippen molar-refractivity contribution < 1.29 is 22.6 Å². The molecule has 0 atom stereocenters. The SMILES string of the molecule is COc1ncnc(C2CC2)c1-c1nc(OCc2ccc(-n3cccc(C(F)(F)F)c3=O)cc2)c2cccnc2n1. The summed E-state index contributed by atoms with van der Waals surface area (Å²) in [5, 5.41) is 0.599. The number of hydrogen-bond donors (Lipinski definition) is 0. The highest BCUT2D eigenvalue weighted by Gasteiger charge is 2.34. The zero-order valence-electron chi connectivity index (χ0n) is 21.1. The molecular formula is C28H21F3N6O3. The van der Waals surface area contributed by atoms with Gasteiger partial charge in [-0.05, 0) is 54.8 Å². The first kappa shape index (κ1) is 25.4. The highest BCUT2D eigenvalue weighted by atomic mass is 19.4. The van der Waals surface area contributed by atoms with E-state index >= 15 is 0 Å². The van der Waals surface area contributed by atoms with Gasteiger partial charge in [0.2, 0.25) is 11.8 Å². The average Bonchev–Trinajstić information content (AvgIpc) is 3.81. The average molecular weight is 547 g/mol. The molecule has 0 N–H and O–H groups in total. The number of benzene rings is 1. The Morgan fingerprint density at radius 1 is 0.975 bits per heavy atom. The van der Waals surface area contributed by atoms with E-state index in [4.69, 9.17) is 9.47 Å². The van der Waals surface area contributed by atoms with Crippen molar-refractivity contribution in [3.63, 3.8) is 0 Å². The van der Waals surface area contributed by atoms with Crippen molar-refractivity contribution in [1.29, 1.82) is 0 Å². The fourth-order valence-corrected chi connectivity index (χ4v) is 4.39. The van der Waals surface area contributed by atoms with Gasteiger partial charge in [0.05, 0.1) is 18.2 Å². The standard InChI is InChI=1S/C28H21F3N6O3/c1-39-26-21(22(17-8-9-17)33-15-34-26)24-35-23-19(4-2-12-32-23)25(36-24)40-14-16-6-10-18(11-7-16)37-13-3-5-20(27(37)38)28(29,30)31/h2-7,10-13,15,17H,8-9,14H2,1H3. The number of nitrogens with zero attached hydrogens (tertiary/aromatic N) is 6. The molecule has 1 aliphatic carbocycles. The highest BCUT2D eigenvalue weighted by Crippen LogP contribution is 2.45. The van der Waals surface area contributed by atoms with Gasteiger partial charge < -0.3 is 9.47 Å². The van der Waals surface area contributed by atoms with Crippen molar-refractivity contribution in [2.24, 2.45) is 0 Å². The van der Waals surface area contributed by atoms with Crippen LogP contribution in [-0.4, -0.2) is 36.6 Å². The third-order valence-electron chi connectivity index (χ3n) is 6.50. The molecule has 1 fully saturated rings. The molecule has 0 aliphatic heterocycles. The molecule has 6 rings (SSSR count). The van der Waals surface area contributed by atoms with Crippen molar-refractivity contribution in [3.05, 3.63) is 94.4 Å². The van der Waals surface area contributed by atoms with Gasteiger partial charge in [0.15, 0.2) is 11.5 Å². The molecule has 1 aromatic carbocycles. The maximum atomic E-state index is 13.2. The topological polar surface area (TPSA) is 105 Å². The second-order valence-corrected chi connectivity index (χ2v) is 9.19. The minimum Gasteiger partial charge on any atom is -0.480 e. The molecule has 40 heavy (non-hydrogen) atoms. The van der Waals surface area contributed by atoms with E-state index in [1.54, 1.807) is 42.6 Å². The van der Waals surface area contributed by atoms with Crippen LogP contribution in [-0.2, 0) is 12.8 Å².